The number of halogens is 2. The first-order valence-electron chi connectivity index (χ1n) is 12.4. The van der Waals surface area contributed by atoms with Crippen LogP contribution in [-0.2, 0) is 13.2 Å². The highest BCUT2D eigenvalue weighted by Crippen LogP contribution is 2.38. The molecule has 0 saturated carbocycles. The summed E-state index contributed by atoms with van der Waals surface area (Å²) in [6.07, 6.45) is 0. The van der Waals surface area contributed by atoms with Crippen molar-refractivity contribution in [3.05, 3.63) is 98.7 Å². The first-order chi connectivity index (χ1) is 18.2. The molecule has 200 valence electrons. The van der Waals surface area contributed by atoms with Gasteiger partial charge in [-0.3, -0.25) is 0 Å². The summed E-state index contributed by atoms with van der Waals surface area (Å²) in [7, 11) is 0. The van der Waals surface area contributed by atoms with Gasteiger partial charge in [0.1, 0.15) is 36.2 Å². The highest BCUT2D eigenvalue weighted by atomic mass is 35.5. The summed E-state index contributed by atoms with van der Waals surface area (Å²) in [4.78, 5) is 11.2. The zero-order valence-electron chi connectivity index (χ0n) is 22.0. The summed E-state index contributed by atoms with van der Waals surface area (Å²) in [5.74, 6) is 0.982. The molecule has 4 rings (SSSR count). The number of ether oxygens (including phenoxy) is 2. The maximum Gasteiger partial charge on any atom is 0.335 e. The van der Waals surface area contributed by atoms with Gasteiger partial charge < -0.3 is 19.1 Å². The first kappa shape index (κ1) is 29.1. The van der Waals surface area contributed by atoms with E-state index in [1.165, 1.54) is 12.1 Å². The van der Waals surface area contributed by atoms with Crippen LogP contribution in [0.5, 0.6) is 11.5 Å². The summed E-state index contributed by atoms with van der Waals surface area (Å²) in [5, 5.41) is 14.4. The van der Waals surface area contributed by atoms with Gasteiger partial charge in [0.2, 0.25) is 0 Å². The predicted molar refractivity (Wildman–Crippen MR) is 151 cm³/mol. The smallest absolute Gasteiger partial charge is 0.335 e. The molecule has 0 aliphatic rings. The van der Waals surface area contributed by atoms with Crippen LogP contribution < -0.4 is 9.47 Å². The SMILES string of the molecule is CC.Cc1cc(OCc2c(-c3c(Cl)cccc3Cl)noc2C(C)C)ccc1COc1cccc(C(=O)O)c1. The lowest BCUT2D eigenvalue weighted by molar-refractivity contribution is 0.0696. The van der Waals surface area contributed by atoms with Crippen LogP contribution in [0.3, 0.4) is 0 Å². The van der Waals surface area contributed by atoms with E-state index in [1.54, 1.807) is 30.3 Å². The largest absolute Gasteiger partial charge is 0.489 e. The van der Waals surface area contributed by atoms with Crippen molar-refractivity contribution in [3.63, 3.8) is 0 Å². The Labute approximate surface area is 233 Å². The Morgan fingerprint density at radius 2 is 1.58 bits per heavy atom. The summed E-state index contributed by atoms with van der Waals surface area (Å²) in [5.41, 5.74) is 4.10. The predicted octanol–water partition coefficient (Wildman–Crippen LogP) is 8.96. The third-order valence-electron chi connectivity index (χ3n) is 5.72. The van der Waals surface area contributed by atoms with Gasteiger partial charge in [-0.2, -0.15) is 0 Å². The van der Waals surface area contributed by atoms with Crippen LogP contribution in [0.15, 0.2) is 65.2 Å². The van der Waals surface area contributed by atoms with E-state index < -0.39 is 5.97 Å². The molecular formula is C30H31Cl2NO5. The van der Waals surface area contributed by atoms with Crippen LogP contribution in [0.1, 0.15) is 66.4 Å². The van der Waals surface area contributed by atoms with Gasteiger partial charge in [-0.05, 0) is 60.5 Å². The fourth-order valence-electron chi connectivity index (χ4n) is 3.79. The Bertz CT molecular complexity index is 1380. The topological polar surface area (TPSA) is 81.8 Å². The van der Waals surface area contributed by atoms with E-state index in [2.05, 4.69) is 5.16 Å². The third kappa shape index (κ3) is 6.88. The van der Waals surface area contributed by atoms with E-state index in [1.807, 2.05) is 52.8 Å². The molecule has 0 amide bonds. The zero-order valence-corrected chi connectivity index (χ0v) is 23.6. The fraction of sp³-hybridized carbons (Fsp3) is 0.267. The van der Waals surface area contributed by atoms with Crippen molar-refractivity contribution in [1.82, 2.24) is 5.16 Å². The minimum absolute atomic E-state index is 0.0898. The van der Waals surface area contributed by atoms with E-state index in [0.717, 1.165) is 16.7 Å². The quantitative estimate of drug-likeness (QED) is 0.222. The average molecular weight is 556 g/mol. The molecule has 4 aromatic rings. The second-order valence-corrected chi connectivity index (χ2v) is 9.44. The normalized spacial score (nSPS) is 10.6. The molecule has 0 spiro atoms. The Kier molecular flexibility index (Phi) is 10.2. The number of rotatable bonds is 9. The molecule has 38 heavy (non-hydrogen) atoms. The molecule has 0 fully saturated rings. The first-order valence-corrected chi connectivity index (χ1v) is 13.1. The van der Waals surface area contributed by atoms with E-state index in [4.69, 9.17) is 42.3 Å². The van der Waals surface area contributed by atoms with Crippen LogP contribution >= 0.6 is 23.2 Å². The highest BCUT2D eigenvalue weighted by molar-refractivity contribution is 6.39. The van der Waals surface area contributed by atoms with Crippen molar-refractivity contribution in [1.29, 1.82) is 0 Å². The Morgan fingerprint density at radius 3 is 2.21 bits per heavy atom. The third-order valence-corrected chi connectivity index (χ3v) is 6.34. The van der Waals surface area contributed by atoms with Crippen molar-refractivity contribution >= 4 is 29.2 Å². The maximum absolute atomic E-state index is 11.2. The molecule has 8 heteroatoms. The number of carboxylic acids is 1. The Hall–Kier alpha value is -3.48. The molecule has 0 bridgehead atoms. The fourth-order valence-corrected chi connectivity index (χ4v) is 4.37. The number of hydrogen-bond donors (Lipinski definition) is 1. The number of hydrogen-bond acceptors (Lipinski definition) is 5. The van der Waals surface area contributed by atoms with Crippen LogP contribution in [0.4, 0.5) is 0 Å². The maximum atomic E-state index is 11.2. The van der Waals surface area contributed by atoms with Gasteiger partial charge in [0, 0.05) is 11.5 Å². The monoisotopic (exact) mass is 555 g/mol. The number of aromatic carboxylic acids is 1. The lowest BCUT2D eigenvalue weighted by Crippen LogP contribution is -2.03. The summed E-state index contributed by atoms with van der Waals surface area (Å²) >= 11 is 12.9. The van der Waals surface area contributed by atoms with Crippen molar-refractivity contribution in [3.8, 4) is 22.8 Å². The molecule has 0 saturated heterocycles. The van der Waals surface area contributed by atoms with Crippen molar-refractivity contribution < 1.29 is 23.9 Å². The number of carbonyl (C=O) groups is 1. The van der Waals surface area contributed by atoms with Gasteiger partial charge in [-0.25, -0.2) is 4.79 Å². The molecule has 1 heterocycles. The van der Waals surface area contributed by atoms with Gasteiger partial charge >= 0.3 is 5.97 Å². The molecular weight excluding hydrogens is 525 g/mol. The van der Waals surface area contributed by atoms with Gasteiger partial charge in [0.15, 0.2) is 0 Å². The Balaban J connectivity index is 0.00000195. The van der Waals surface area contributed by atoms with Crippen LogP contribution in [0.2, 0.25) is 10.0 Å². The number of carboxylic acid groups (broad SMARTS) is 1. The van der Waals surface area contributed by atoms with E-state index in [9.17, 15) is 4.79 Å². The molecule has 0 radical (unpaired) electrons. The van der Waals surface area contributed by atoms with Crippen LogP contribution in [-0.4, -0.2) is 16.2 Å². The zero-order chi connectivity index (χ0) is 27.8. The summed E-state index contributed by atoms with van der Waals surface area (Å²) in [6.45, 7) is 10.5. The number of aromatic nitrogens is 1. The minimum atomic E-state index is -0.994. The lowest BCUT2D eigenvalue weighted by Gasteiger charge is -2.13. The molecule has 0 atom stereocenters. The van der Waals surface area contributed by atoms with E-state index in [0.29, 0.717) is 45.2 Å². The van der Waals surface area contributed by atoms with E-state index in [-0.39, 0.29) is 18.1 Å². The van der Waals surface area contributed by atoms with Gasteiger partial charge in [-0.1, -0.05) is 74.3 Å². The second-order valence-electron chi connectivity index (χ2n) is 8.62. The summed E-state index contributed by atoms with van der Waals surface area (Å²) < 4.78 is 17.6. The molecule has 1 N–H and O–H groups in total. The van der Waals surface area contributed by atoms with Crippen molar-refractivity contribution in [2.75, 3.05) is 0 Å². The summed E-state index contributed by atoms with van der Waals surface area (Å²) in [6, 6.07) is 17.4. The number of benzene rings is 3. The van der Waals surface area contributed by atoms with Crippen molar-refractivity contribution in [2.24, 2.45) is 0 Å². The Morgan fingerprint density at radius 1 is 0.947 bits per heavy atom. The molecule has 3 aromatic carbocycles. The van der Waals surface area contributed by atoms with Crippen LogP contribution in [0, 0.1) is 6.92 Å². The van der Waals surface area contributed by atoms with Gasteiger partial charge in [-0.15, -0.1) is 0 Å². The number of nitrogens with zero attached hydrogens (tertiary/aromatic N) is 1. The second kappa shape index (κ2) is 13.4. The average Bonchev–Trinajstić information content (AvgIpc) is 3.32. The van der Waals surface area contributed by atoms with Crippen LogP contribution in [0.25, 0.3) is 11.3 Å². The minimum Gasteiger partial charge on any atom is -0.489 e. The van der Waals surface area contributed by atoms with Gasteiger partial charge in [0.25, 0.3) is 0 Å². The lowest BCUT2D eigenvalue weighted by atomic mass is 10.0. The van der Waals surface area contributed by atoms with Gasteiger partial charge in [0.05, 0.1) is 21.2 Å². The van der Waals surface area contributed by atoms with E-state index >= 15 is 0 Å². The molecule has 1 aromatic heterocycles. The molecule has 0 aliphatic carbocycles. The molecule has 0 unspecified atom stereocenters. The number of aryl methyl sites for hydroxylation is 1. The highest BCUT2D eigenvalue weighted by Gasteiger charge is 2.24. The molecule has 0 aliphatic heterocycles. The van der Waals surface area contributed by atoms with Crippen molar-refractivity contribution in [2.45, 2.75) is 53.8 Å². The molecule has 6 nitrogen and oxygen atoms in total. The standard InChI is InChI=1S/C28H25Cl2NO5.C2H6/c1-16(2)27-22(26(31-36-27)25-23(29)8-5-9-24(25)30)15-35-21-11-10-19(17(3)12-21)14-34-20-7-4-6-18(13-20)28(32)33;1-2/h4-13,16H,14-15H2,1-3H3,(H,32,33);1-2H3.